The molecule has 51 heavy (non-hydrogen) atoms. The molecule has 0 saturated carbocycles. The summed E-state index contributed by atoms with van der Waals surface area (Å²) in [5, 5.41) is 15.5. The van der Waals surface area contributed by atoms with Crippen molar-refractivity contribution >= 4 is 36.3 Å². The van der Waals surface area contributed by atoms with Crippen molar-refractivity contribution in [2.45, 2.75) is 72.3 Å². The number of aryl methyl sites for hydroxylation is 2. The fraction of sp³-hybridized carbons (Fsp3) is 0.342. The summed E-state index contributed by atoms with van der Waals surface area (Å²) in [6, 6.07) is 13.7. The number of carboxylic acids is 1. The molecule has 13 nitrogen and oxygen atoms in total. The summed E-state index contributed by atoms with van der Waals surface area (Å²) in [5.41, 5.74) is 8.83. The van der Waals surface area contributed by atoms with E-state index in [1.54, 1.807) is 76.4 Å². The number of aromatic carboxylic acids is 1. The Morgan fingerprint density at radius 1 is 0.961 bits per heavy atom. The number of carboxylic acid groups (broad SMARTS) is 1. The van der Waals surface area contributed by atoms with Gasteiger partial charge in [0.05, 0.1) is 31.6 Å². The standard InChI is InChI=1S/C38H47N5O8/c1-22-15-28(34(39)44)16-23(2)29(22)19-30(42-37(48)51-38(4,5)6)35(45)43(21-25-13-14-32(49-8)33(17-25)50-9)24(3)41-20-31(40-7)26-11-10-12-27(18-26)36(46)47/h10-18,20,24,30,41H,7,19,21H2,1-6,8-9H3,(H2,39,44)(H,42,48)(H,46,47)/b31-20-/t24?,30-/m0/s1. The first kappa shape index (κ1) is 39.6. The highest BCUT2D eigenvalue weighted by molar-refractivity contribution is 5.93. The molecule has 5 N–H and O–H groups in total. The molecule has 3 aromatic rings. The largest absolute Gasteiger partial charge is 0.493 e. The number of nitrogens with two attached hydrogens (primary N) is 1. The van der Waals surface area contributed by atoms with Gasteiger partial charge in [-0.2, -0.15) is 0 Å². The third-order valence-corrected chi connectivity index (χ3v) is 7.97. The van der Waals surface area contributed by atoms with Crippen LogP contribution in [0.4, 0.5) is 4.79 Å². The van der Waals surface area contributed by atoms with E-state index >= 15 is 0 Å². The summed E-state index contributed by atoms with van der Waals surface area (Å²) in [5.74, 6) is -1.16. The molecule has 0 radical (unpaired) electrons. The number of nitrogens with zero attached hydrogens (tertiary/aromatic N) is 2. The van der Waals surface area contributed by atoms with Crippen molar-refractivity contribution in [2.75, 3.05) is 14.2 Å². The lowest BCUT2D eigenvalue weighted by atomic mass is 9.93. The fourth-order valence-electron chi connectivity index (χ4n) is 5.41. The lowest BCUT2D eigenvalue weighted by Crippen LogP contribution is -2.55. The van der Waals surface area contributed by atoms with Crippen molar-refractivity contribution < 1.29 is 38.5 Å². The number of carbonyl (C=O) groups excluding carboxylic acids is 3. The molecule has 3 rings (SSSR count). The Hall–Kier alpha value is -5.85. The zero-order chi connectivity index (χ0) is 38.0. The third kappa shape index (κ3) is 10.8. The molecule has 0 spiro atoms. The van der Waals surface area contributed by atoms with Crippen molar-refractivity contribution in [2.24, 2.45) is 10.7 Å². The second-order valence-corrected chi connectivity index (χ2v) is 12.9. The number of carbonyl (C=O) groups is 4. The Kier molecular flexibility index (Phi) is 13.3. The lowest BCUT2D eigenvalue weighted by molar-refractivity contribution is -0.136. The van der Waals surface area contributed by atoms with Gasteiger partial charge in [0.15, 0.2) is 11.5 Å². The maximum absolute atomic E-state index is 14.7. The van der Waals surface area contributed by atoms with E-state index in [0.717, 1.165) is 16.7 Å². The topological polar surface area (TPSA) is 182 Å². The Morgan fingerprint density at radius 3 is 2.14 bits per heavy atom. The maximum atomic E-state index is 14.7. The van der Waals surface area contributed by atoms with Gasteiger partial charge in [0.1, 0.15) is 11.6 Å². The van der Waals surface area contributed by atoms with Crippen LogP contribution in [0.25, 0.3) is 5.70 Å². The van der Waals surface area contributed by atoms with Crippen molar-refractivity contribution in [1.29, 1.82) is 0 Å². The van der Waals surface area contributed by atoms with E-state index in [2.05, 4.69) is 22.3 Å². The van der Waals surface area contributed by atoms with Gasteiger partial charge in [0.2, 0.25) is 11.8 Å². The van der Waals surface area contributed by atoms with Crippen LogP contribution >= 0.6 is 0 Å². The van der Waals surface area contributed by atoms with E-state index in [1.807, 2.05) is 13.8 Å². The molecular weight excluding hydrogens is 654 g/mol. The molecule has 272 valence electrons. The van der Waals surface area contributed by atoms with Gasteiger partial charge >= 0.3 is 12.1 Å². The first-order valence-corrected chi connectivity index (χ1v) is 16.1. The minimum Gasteiger partial charge on any atom is -0.493 e. The van der Waals surface area contributed by atoms with Crippen LogP contribution in [-0.4, -0.2) is 72.6 Å². The molecule has 1 unspecified atom stereocenters. The van der Waals surface area contributed by atoms with Crippen molar-refractivity contribution in [3.8, 4) is 11.5 Å². The molecule has 0 saturated heterocycles. The molecule has 3 aromatic carbocycles. The molecule has 0 bridgehead atoms. The monoisotopic (exact) mass is 701 g/mol. The van der Waals surface area contributed by atoms with Crippen LogP contribution in [0.3, 0.4) is 0 Å². The van der Waals surface area contributed by atoms with Crippen LogP contribution < -0.4 is 25.8 Å². The van der Waals surface area contributed by atoms with Crippen LogP contribution in [0.15, 0.2) is 65.8 Å². The number of hydrogen-bond acceptors (Lipinski definition) is 9. The number of aliphatic imine (C=N–C) groups is 1. The summed E-state index contributed by atoms with van der Waals surface area (Å²) in [7, 11) is 3.04. The van der Waals surface area contributed by atoms with Crippen LogP contribution in [-0.2, 0) is 22.5 Å². The Balaban J connectivity index is 2.11. The lowest BCUT2D eigenvalue weighted by Gasteiger charge is -2.34. The van der Waals surface area contributed by atoms with E-state index in [1.165, 1.54) is 31.3 Å². The SMILES string of the molecule is C=N/C(=C\NC(C)N(Cc1ccc(OC)c(OC)c1)C(=O)[C@H](Cc1c(C)cc(C(N)=O)cc1C)NC(=O)OC(C)(C)C)c1cccc(C(=O)O)c1. The van der Waals surface area contributed by atoms with Crippen LogP contribution in [0.1, 0.15) is 76.2 Å². The molecule has 0 aromatic heterocycles. The normalized spacial score (nSPS) is 12.6. The van der Waals surface area contributed by atoms with Gasteiger partial charge in [0.25, 0.3) is 0 Å². The predicted octanol–water partition coefficient (Wildman–Crippen LogP) is 5.22. The van der Waals surface area contributed by atoms with Gasteiger partial charge in [-0.1, -0.05) is 18.2 Å². The van der Waals surface area contributed by atoms with E-state index < -0.39 is 41.7 Å². The molecule has 3 amide bonds. The number of alkyl carbamates (subject to hydrolysis) is 1. The summed E-state index contributed by atoms with van der Waals surface area (Å²) in [6.07, 6.45) is 0.113. The van der Waals surface area contributed by atoms with Crippen LogP contribution in [0, 0.1) is 13.8 Å². The number of hydrogen-bond donors (Lipinski definition) is 4. The fourth-order valence-corrected chi connectivity index (χ4v) is 5.41. The first-order chi connectivity index (χ1) is 24.0. The van der Waals surface area contributed by atoms with Crippen molar-refractivity contribution in [3.63, 3.8) is 0 Å². The maximum Gasteiger partial charge on any atom is 0.408 e. The second kappa shape index (κ2) is 17.2. The van der Waals surface area contributed by atoms with Crippen molar-refractivity contribution in [1.82, 2.24) is 15.5 Å². The second-order valence-electron chi connectivity index (χ2n) is 12.9. The van der Waals surface area contributed by atoms with Crippen LogP contribution in [0.2, 0.25) is 0 Å². The molecule has 0 fully saturated rings. The highest BCUT2D eigenvalue weighted by atomic mass is 16.6. The Morgan fingerprint density at radius 2 is 1.59 bits per heavy atom. The number of benzene rings is 3. The number of amides is 3. The predicted molar refractivity (Wildman–Crippen MR) is 195 cm³/mol. The van der Waals surface area contributed by atoms with E-state index in [4.69, 9.17) is 19.9 Å². The van der Waals surface area contributed by atoms with Gasteiger partial charge in [0, 0.05) is 30.3 Å². The summed E-state index contributed by atoms with van der Waals surface area (Å²) < 4.78 is 16.5. The zero-order valence-electron chi connectivity index (χ0n) is 30.3. The van der Waals surface area contributed by atoms with Gasteiger partial charge in [-0.05, 0) is 107 Å². The zero-order valence-corrected chi connectivity index (χ0v) is 30.3. The summed E-state index contributed by atoms with van der Waals surface area (Å²) in [6.45, 7) is 14.2. The first-order valence-electron chi connectivity index (χ1n) is 16.1. The number of rotatable bonds is 15. The van der Waals surface area contributed by atoms with Gasteiger partial charge in [-0.15, -0.1) is 0 Å². The minimum atomic E-state index is -1.12. The average Bonchev–Trinajstić information content (AvgIpc) is 3.07. The van der Waals surface area contributed by atoms with Gasteiger partial charge in [-0.3, -0.25) is 14.6 Å². The smallest absolute Gasteiger partial charge is 0.408 e. The number of methoxy groups -OCH3 is 2. The van der Waals surface area contributed by atoms with E-state index in [9.17, 15) is 24.3 Å². The Bertz CT molecular complexity index is 1790. The molecule has 0 aliphatic carbocycles. The van der Waals surface area contributed by atoms with Crippen LogP contribution in [0.5, 0.6) is 11.5 Å². The highest BCUT2D eigenvalue weighted by Gasteiger charge is 2.32. The van der Waals surface area contributed by atoms with E-state index in [-0.39, 0.29) is 18.5 Å². The molecule has 0 heterocycles. The average molecular weight is 702 g/mol. The van der Waals surface area contributed by atoms with Crippen molar-refractivity contribution in [3.05, 3.63) is 99.7 Å². The molecule has 2 atom stereocenters. The third-order valence-electron chi connectivity index (χ3n) is 7.97. The quantitative estimate of drug-likeness (QED) is 0.122. The molecular formula is C38H47N5O8. The van der Waals surface area contributed by atoms with Gasteiger partial charge in [-0.25, -0.2) is 9.59 Å². The minimum absolute atomic E-state index is 0.0671. The summed E-state index contributed by atoms with van der Waals surface area (Å²) >= 11 is 0. The highest BCUT2D eigenvalue weighted by Crippen LogP contribution is 2.29. The molecule has 0 aliphatic heterocycles. The van der Waals surface area contributed by atoms with E-state index in [0.29, 0.717) is 33.9 Å². The summed E-state index contributed by atoms with van der Waals surface area (Å²) in [4.78, 5) is 57.1. The molecule has 0 aliphatic rings. The number of primary amides is 1. The number of nitrogens with one attached hydrogen (secondary N) is 2. The molecule has 13 heteroatoms. The Labute approximate surface area is 298 Å². The number of ether oxygens (including phenoxy) is 3. The van der Waals surface area contributed by atoms with Gasteiger partial charge < -0.3 is 40.6 Å².